The first-order valence-electron chi connectivity index (χ1n) is 10.5. The Kier molecular flexibility index (Phi) is 6.78. The Bertz CT molecular complexity index is 783. The van der Waals surface area contributed by atoms with Crippen molar-refractivity contribution in [2.24, 2.45) is 11.3 Å². The summed E-state index contributed by atoms with van der Waals surface area (Å²) in [5.41, 5.74) is 3.77. The third-order valence-corrected chi connectivity index (χ3v) is 5.96. The van der Waals surface area contributed by atoms with Crippen molar-refractivity contribution in [3.8, 4) is 0 Å². The smallest absolute Gasteiger partial charge is 0.304 e. The van der Waals surface area contributed by atoms with Crippen LogP contribution in [0, 0.1) is 11.3 Å². The zero-order valence-corrected chi connectivity index (χ0v) is 17.4. The Morgan fingerprint density at radius 2 is 1.96 bits per heavy atom. The maximum Gasteiger partial charge on any atom is 0.304 e. The maximum atomic E-state index is 10.6. The van der Waals surface area contributed by atoms with Gasteiger partial charge in [0.05, 0.1) is 19.1 Å². The van der Waals surface area contributed by atoms with E-state index in [0.717, 1.165) is 17.1 Å². The molecular formula is C23H34N2O3. The first-order chi connectivity index (χ1) is 13.3. The Labute approximate surface area is 167 Å². The molecule has 0 unspecified atom stereocenters. The van der Waals surface area contributed by atoms with Gasteiger partial charge in [-0.1, -0.05) is 32.9 Å². The summed E-state index contributed by atoms with van der Waals surface area (Å²) in [5.74, 6) is 0.0332. The Hall–Kier alpha value is -1.85. The highest BCUT2D eigenvalue weighted by molar-refractivity contribution is 5.81. The summed E-state index contributed by atoms with van der Waals surface area (Å²) in [6, 6.07) is 8.54. The lowest BCUT2D eigenvalue weighted by atomic mass is 9.72. The van der Waals surface area contributed by atoms with Crippen molar-refractivity contribution in [3.63, 3.8) is 0 Å². The van der Waals surface area contributed by atoms with Crippen LogP contribution in [0.3, 0.4) is 0 Å². The van der Waals surface area contributed by atoms with Crippen LogP contribution in [0.1, 0.15) is 64.1 Å². The van der Waals surface area contributed by atoms with Gasteiger partial charge in [-0.25, -0.2) is 0 Å². The van der Waals surface area contributed by atoms with E-state index >= 15 is 0 Å². The van der Waals surface area contributed by atoms with E-state index in [1.165, 1.54) is 36.6 Å². The SMILES string of the molecule is CC(C)(C)C1CCC(OCc2ccc3cc(CNCCC(=O)O)[nH]c3c2)CC1. The second-order valence-corrected chi connectivity index (χ2v) is 9.19. The summed E-state index contributed by atoms with van der Waals surface area (Å²) in [5, 5.41) is 13.0. The Balaban J connectivity index is 1.48. The molecule has 0 atom stereocenters. The minimum absolute atomic E-state index is 0.138. The van der Waals surface area contributed by atoms with Crippen LogP contribution >= 0.6 is 0 Å². The summed E-state index contributed by atoms with van der Waals surface area (Å²) in [6.07, 6.45) is 5.38. The minimum atomic E-state index is -0.777. The van der Waals surface area contributed by atoms with Gasteiger partial charge < -0.3 is 20.1 Å². The molecule has 5 nitrogen and oxygen atoms in total. The topological polar surface area (TPSA) is 74.3 Å². The van der Waals surface area contributed by atoms with E-state index in [0.29, 0.717) is 31.2 Å². The van der Waals surface area contributed by atoms with Gasteiger partial charge in [0.25, 0.3) is 0 Å². The normalized spacial score (nSPS) is 20.5. The molecule has 0 radical (unpaired) electrons. The van der Waals surface area contributed by atoms with Gasteiger partial charge in [-0.05, 0) is 60.1 Å². The van der Waals surface area contributed by atoms with E-state index in [9.17, 15) is 4.79 Å². The van der Waals surface area contributed by atoms with Crippen LogP contribution in [0.15, 0.2) is 24.3 Å². The molecule has 0 aliphatic heterocycles. The molecule has 2 aromatic rings. The van der Waals surface area contributed by atoms with Crippen molar-refractivity contribution >= 4 is 16.9 Å². The standard InChI is InChI=1S/C23H34N2O3/c1-23(2,3)18-6-8-20(9-7-18)28-15-16-4-5-17-13-19(25-21(17)12-16)14-24-11-10-22(26)27/h4-5,12-13,18,20,24-25H,6-11,14-15H2,1-3H3,(H,26,27). The molecule has 1 aromatic heterocycles. The molecule has 1 aromatic carbocycles. The van der Waals surface area contributed by atoms with E-state index in [1.54, 1.807) is 0 Å². The number of fused-ring (bicyclic) bond motifs is 1. The predicted octanol–water partition coefficient (Wildman–Crippen LogP) is 4.85. The molecule has 1 heterocycles. The van der Waals surface area contributed by atoms with E-state index in [-0.39, 0.29) is 6.42 Å². The van der Waals surface area contributed by atoms with Crippen molar-refractivity contribution in [1.82, 2.24) is 10.3 Å². The van der Waals surface area contributed by atoms with Gasteiger partial charge in [0.15, 0.2) is 0 Å². The molecule has 28 heavy (non-hydrogen) atoms. The van der Waals surface area contributed by atoms with Gasteiger partial charge >= 0.3 is 5.97 Å². The van der Waals surface area contributed by atoms with Crippen LogP contribution in [-0.2, 0) is 22.7 Å². The van der Waals surface area contributed by atoms with Crippen molar-refractivity contribution in [2.75, 3.05) is 6.54 Å². The minimum Gasteiger partial charge on any atom is -0.481 e. The van der Waals surface area contributed by atoms with E-state index in [1.807, 2.05) is 0 Å². The van der Waals surface area contributed by atoms with Crippen LogP contribution in [0.2, 0.25) is 0 Å². The number of aromatic amines is 1. The zero-order chi connectivity index (χ0) is 20.1. The van der Waals surface area contributed by atoms with Gasteiger partial charge in [0.2, 0.25) is 0 Å². The van der Waals surface area contributed by atoms with Gasteiger partial charge in [0, 0.05) is 24.3 Å². The second-order valence-electron chi connectivity index (χ2n) is 9.19. The molecule has 3 rings (SSSR count). The molecule has 0 bridgehead atoms. The average Bonchev–Trinajstić information content (AvgIpc) is 3.05. The van der Waals surface area contributed by atoms with Crippen LogP contribution < -0.4 is 5.32 Å². The molecule has 1 aliphatic rings. The third kappa shape index (κ3) is 5.82. The number of carboxylic acids is 1. The van der Waals surface area contributed by atoms with E-state index in [4.69, 9.17) is 9.84 Å². The molecule has 3 N–H and O–H groups in total. The number of carboxylic acid groups (broad SMARTS) is 1. The first kappa shape index (κ1) is 20.9. The van der Waals surface area contributed by atoms with Gasteiger partial charge in [-0.15, -0.1) is 0 Å². The van der Waals surface area contributed by atoms with Crippen molar-refractivity contribution in [1.29, 1.82) is 0 Å². The molecule has 0 spiro atoms. The fourth-order valence-corrected chi connectivity index (χ4v) is 4.15. The number of rotatable bonds is 8. The molecule has 1 saturated carbocycles. The number of benzene rings is 1. The molecule has 1 fully saturated rings. The lowest BCUT2D eigenvalue weighted by molar-refractivity contribution is -0.136. The number of H-pyrrole nitrogens is 1. The number of hydrogen-bond donors (Lipinski definition) is 3. The number of hydrogen-bond acceptors (Lipinski definition) is 3. The summed E-state index contributed by atoms with van der Waals surface area (Å²) in [6.45, 7) is 8.82. The average molecular weight is 387 g/mol. The number of nitrogens with one attached hydrogen (secondary N) is 2. The zero-order valence-electron chi connectivity index (χ0n) is 17.4. The summed E-state index contributed by atoms with van der Waals surface area (Å²) < 4.78 is 6.21. The Morgan fingerprint density at radius 1 is 1.21 bits per heavy atom. The van der Waals surface area contributed by atoms with Crippen LogP contribution in [0.5, 0.6) is 0 Å². The van der Waals surface area contributed by atoms with Crippen molar-refractivity contribution < 1.29 is 14.6 Å². The lowest BCUT2D eigenvalue weighted by Crippen LogP contribution is -2.29. The number of aromatic nitrogens is 1. The van der Waals surface area contributed by atoms with Gasteiger partial charge in [-0.2, -0.15) is 0 Å². The fraction of sp³-hybridized carbons (Fsp3) is 0.609. The number of carbonyl (C=O) groups is 1. The predicted molar refractivity (Wildman–Crippen MR) is 112 cm³/mol. The molecular weight excluding hydrogens is 352 g/mol. The highest BCUT2D eigenvalue weighted by atomic mass is 16.5. The monoisotopic (exact) mass is 386 g/mol. The van der Waals surface area contributed by atoms with Crippen molar-refractivity contribution in [2.45, 2.75) is 72.1 Å². The van der Waals surface area contributed by atoms with Crippen molar-refractivity contribution in [3.05, 3.63) is 35.5 Å². The summed E-state index contributed by atoms with van der Waals surface area (Å²) in [4.78, 5) is 14.0. The van der Waals surface area contributed by atoms with Crippen LogP contribution in [-0.4, -0.2) is 28.7 Å². The molecule has 0 amide bonds. The van der Waals surface area contributed by atoms with E-state index < -0.39 is 5.97 Å². The maximum absolute atomic E-state index is 10.6. The quantitative estimate of drug-likeness (QED) is 0.567. The van der Waals surface area contributed by atoms with E-state index in [2.05, 4.69) is 55.3 Å². The van der Waals surface area contributed by atoms with Crippen LogP contribution in [0.25, 0.3) is 10.9 Å². The second kappa shape index (κ2) is 9.10. The molecule has 0 saturated heterocycles. The largest absolute Gasteiger partial charge is 0.481 e. The highest BCUT2D eigenvalue weighted by Crippen LogP contribution is 2.38. The van der Waals surface area contributed by atoms with Gasteiger partial charge in [-0.3, -0.25) is 4.79 Å². The molecule has 5 heteroatoms. The Morgan fingerprint density at radius 3 is 2.64 bits per heavy atom. The summed E-state index contributed by atoms with van der Waals surface area (Å²) >= 11 is 0. The first-order valence-corrected chi connectivity index (χ1v) is 10.5. The molecule has 1 aliphatic carbocycles. The van der Waals surface area contributed by atoms with Gasteiger partial charge in [0.1, 0.15) is 0 Å². The number of ether oxygens (including phenoxy) is 1. The number of aliphatic carboxylic acids is 1. The summed E-state index contributed by atoms with van der Waals surface area (Å²) in [7, 11) is 0. The lowest BCUT2D eigenvalue weighted by Gasteiger charge is -2.36. The molecule has 154 valence electrons. The fourth-order valence-electron chi connectivity index (χ4n) is 4.15. The third-order valence-electron chi connectivity index (χ3n) is 5.96. The van der Waals surface area contributed by atoms with Crippen LogP contribution in [0.4, 0.5) is 0 Å². The highest BCUT2D eigenvalue weighted by Gasteiger charge is 2.29.